The van der Waals surface area contributed by atoms with Gasteiger partial charge in [0.05, 0.1) is 9.79 Å². The molecule has 0 bridgehead atoms. The van der Waals surface area contributed by atoms with Gasteiger partial charge < -0.3 is 5.32 Å². The van der Waals surface area contributed by atoms with Gasteiger partial charge in [0.15, 0.2) is 0 Å². The van der Waals surface area contributed by atoms with Crippen LogP contribution < -0.4 is 10.0 Å². The second-order valence-corrected chi connectivity index (χ2v) is 9.53. The molecule has 2 fully saturated rings. The first-order valence-corrected chi connectivity index (χ1v) is 10.7. The lowest BCUT2D eigenvalue weighted by molar-refractivity contribution is 0.432. The maximum Gasteiger partial charge on any atom is 0.243 e. The summed E-state index contributed by atoms with van der Waals surface area (Å²) in [5, 5.41) is 3.15. The average molecular weight is 359 g/mol. The summed E-state index contributed by atoms with van der Waals surface area (Å²) < 4.78 is 54.0. The van der Waals surface area contributed by atoms with Crippen molar-refractivity contribution < 1.29 is 16.8 Å². The summed E-state index contributed by atoms with van der Waals surface area (Å²) in [4.78, 5) is 0.0245. The predicted octanol–water partition coefficient (Wildman–Crippen LogP) is 0.111. The van der Waals surface area contributed by atoms with Crippen LogP contribution in [0.1, 0.15) is 19.3 Å². The van der Waals surface area contributed by atoms with E-state index in [-0.39, 0.29) is 15.8 Å². The first kappa shape index (κ1) is 16.8. The maximum atomic E-state index is 12.7. The predicted molar refractivity (Wildman–Crippen MR) is 86.0 cm³/mol. The van der Waals surface area contributed by atoms with Crippen LogP contribution in [0.15, 0.2) is 34.1 Å². The molecular formula is C14H21N3O4S2. The molecule has 0 amide bonds. The lowest BCUT2D eigenvalue weighted by atomic mass is 10.4. The summed E-state index contributed by atoms with van der Waals surface area (Å²) in [6.07, 6.45) is 2.40. The monoisotopic (exact) mass is 359 g/mol. The molecular weight excluding hydrogens is 338 g/mol. The van der Waals surface area contributed by atoms with E-state index >= 15 is 0 Å². The number of hydrogen-bond donors (Lipinski definition) is 2. The third kappa shape index (κ3) is 3.92. The molecule has 3 rings (SSSR count). The molecule has 7 nitrogen and oxygen atoms in total. The molecule has 9 heteroatoms. The zero-order chi connectivity index (χ0) is 16.5. The summed E-state index contributed by atoms with van der Waals surface area (Å²) in [6, 6.07) is 5.58. The zero-order valence-electron chi connectivity index (χ0n) is 12.7. The number of nitrogens with one attached hydrogen (secondary N) is 2. The van der Waals surface area contributed by atoms with Crippen LogP contribution in [0.5, 0.6) is 0 Å². The standard InChI is InChI=1S/C14H21N3O4S2/c18-22(19,16-12-5-6-12)13-3-1-4-14(11-13)23(20,21)17-9-2-7-15-8-10-17/h1,3-4,11-12,15-16H,2,5-10H2. The van der Waals surface area contributed by atoms with Crippen molar-refractivity contribution in [3.63, 3.8) is 0 Å². The molecule has 1 aliphatic heterocycles. The summed E-state index contributed by atoms with van der Waals surface area (Å²) in [7, 11) is -7.34. The van der Waals surface area contributed by atoms with Crippen molar-refractivity contribution in [2.24, 2.45) is 0 Å². The van der Waals surface area contributed by atoms with E-state index in [0.29, 0.717) is 19.6 Å². The highest BCUT2D eigenvalue weighted by atomic mass is 32.2. The number of nitrogens with zero attached hydrogens (tertiary/aromatic N) is 1. The second kappa shape index (κ2) is 6.48. The third-order valence-corrected chi connectivity index (χ3v) is 7.36. The Balaban J connectivity index is 1.88. The number of rotatable bonds is 5. The molecule has 2 N–H and O–H groups in total. The molecule has 23 heavy (non-hydrogen) atoms. The molecule has 0 atom stereocenters. The molecule has 0 radical (unpaired) electrons. The summed E-state index contributed by atoms with van der Waals surface area (Å²) >= 11 is 0. The molecule has 0 spiro atoms. The molecule has 1 aliphatic carbocycles. The third-order valence-electron chi connectivity index (χ3n) is 3.95. The quantitative estimate of drug-likeness (QED) is 0.778. The van der Waals surface area contributed by atoms with Crippen molar-refractivity contribution in [2.75, 3.05) is 26.2 Å². The van der Waals surface area contributed by atoms with Gasteiger partial charge in [-0.15, -0.1) is 0 Å². The number of sulfonamides is 2. The molecule has 2 aliphatic rings. The van der Waals surface area contributed by atoms with Gasteiger partial charge in [-0.05, 0) is 44.0 Å². The van der Waals surface area contributed by atoms with Crippen molar-refractivity contribution in [2.45, 2.75) is 35.1 Å². The first-order chi connectivity index (χ1) is 10.9. The minimum Gasteiger partial charge on any atom is -0.315 e. The van der Waals surface area contributed by atoms with E-state index in [1.807, 2.05) is 0 Å². The van der Waals surface area contributed by atoms with Gasteiger partial charge in [0.1, 0.15) is 0 Å². The smallest absolute Gasteiger partial charge is 0.243 e. The molecule has 0 aromatic heterocycles. The Morgan fingerprint density at radius 3 is 2.52 bits per heavy atom. The Hall–Kier alpha value is -1.00. The highest BCUT2D eigenvalue weighted by molar-refractivity contribution is 7.90. The van der Waals surface area contributed by atoms with Crippen LogP contribution in [0.25, 0.3) is 0 Å². The van der Waals surface area contributed by atoms with E-state index < -0.39 is 20.0 Å². The molecule has 1 saturated carbocycles. The van der Waals surface area contributed by atoms with Crippen molar-refractivity contribution in [3.8, 4) is 0 Å². The molecule has 128 valence electrons. The van der Waals surface area contributed by atoms with Gasteiger partial charge in [0, 0.05) is 25.7 Å². The fourth-order valence-corrected chi connectivity index (χ4v) is 5.45. The SMILES string of the molecule is O=S(=O)(NC1CC1)c1cccc(S(=O)(=O)N2CCCNCC2)c1. The van der Waals surface area contributed by atoms with Gasteiger partial charge in [-0.2, -0.15) is 4.31 Å². The minimum absolute atomic E-state index is 0.00146. The summed E-state index contributed by atoms with van der Waals surface area (Å²) in [6.45, 7) is 2.21. The molecule has 1 heterocycles. The Morgan fingerprint density at radius 1 is 1.04 bits per heavy atom. The van der Waals surface area contributed by atoms with E-state index in [9.17, 15) is 16.8 Å². The van der Waals surface area contributed by atoms with Crippen molar-refractivity contribution in [3.05, 3.63) is 24.3 Å². The fourth-order valence-electron chi connectivity index (χ4n) is 2.50. The van der Waals surface area contributed by atoms with Crippen LogP contribution in [-0.2, 0) is 20.0 Å². The Kier molecular flexibility index (Phi) is 4.75. The zero-order valence-corrected chi connectivity index (χ0v) is 14.4. The molecule has 1 aromatic rings. The average Bonchev–Trinajstić information content (AvgIpc) is 3.33. The lowest BCUT2D eigenvalue weighted by Gasteiger charge is -2.20. The highest BCUT2D eigenvalue weighted by Crippen LogP contribution is 2.24. The summed E-state index contributed by atoms with van der Waals surface area (Å²) in [5.41, 5.74) is 0. The lowest BCUT2D eigenvalue weighted by Crippen LogP contribution is -2.34. The minimum atomic E-state index is -3.68. The Morgan fingerprint density at radius 2 is 1.78 bits per heavy atom. The van der Waals surface area contributed by atoms with Gasteiger partial charge >= 0.3 is 0 Å². The van der Waals surface area contributed by atoms with Crippen molar-refractivity contribution in [1.29, 1.82) is 0 Å². The van der Waals surface area contributed by atoms with Crippen molar-refractivity contribution in [1.82, 2.24) is 14.3 Å². The molecule has 0 unspecified atom stereocenters. The van der Waals surface area contributed by atoms with Crippen LogP contribution in [0.2, 0.25) is 0 Å². The molecule has 1 aromatic carbocycles. The van der Waals surface area contributed by atoms with Gasteiger partial charge in [-0.3, -0.25) is 0 Å². The topological polar surface area (TPSA) is 95.6 Å². The van der Waals surface area contributed by atoms with Gasteiger partial charge in [0.25, 0.3) is 0 Å². The second-order valence-electron chi connectivity index (χ2n) is 5.88. The van der Waals surface area contributed by atoms with Crippen LogP contribution in [-0.4, -0.2) is 53.4 Å². The van der Waals surface area contributed by atoms with Crippen LogP contribution >= 0.6 is 0 Å². The van der Waals surface area contributed by atoms with Gasteiger partial charge in [-0.1, -0.05) is 6.07 Å². The van der Waals surface area contributed by atoms with E-state index in [2.05, 4.69) is 10.0 Å². The number of hydrogen-bond acceptors (Lipinski definition) is 5. The summed E-state index contributed by atoms with van der Waals surface area (Å²) in [5.74, 6) is 0. The van der Waals surface area contributed by atoms with Gasteiger partial charge in [0.2, 0.25) is 20.0 Å². The van der Waals surface area contributed by atoms with Gasteiger partial charge in [-0.25, -0.2) is 21.6 Å². The number of benzene rings is 1. The maximum absolute atomic E-state index is 12.7. The van der Waals surface area contributed by atoms with Crippen LogP contribution in [0, 0.1) is 0 Å². The van der Waals surface area contributed by atoms with Crippen molar-refractivity contribution >= 4 is 20.0 Å². The first-order valence-electron chi connectivity index (χ1n) is 7.73. The largest absolute Gasteiger partial charge is 0.315 e. The fraction of sp³-hybridized carbons (Fsp3) is 0.571. The normalized spacial score (nSPS) is 21.0. The van der Waals surface area contributed by atoms with E-state index in [1.54, 1.807) is 0 Å². The van der Waals surface area contributed by atoms with Crippen LogP contribution in [0.3, 0.4) is 0 Å². The Bertz CT molecular complexity index is 765. The van der Waals surface area contributed by atoms with E-state index in [1.165, 1.54) is 28.6 Å². The van der Waals surface area contributed by atoms with E-state index in [4.69, 9.17) is 0 Å². The molecule has 1 saturated heterocycles. The van der Waals surface area contributed by atoms with Crippen LogP contribution in [0.4, 0.5) is 0 Å². The van der Waals surface area contributed by atoms with E-state index in [0.717, 1.165) is 25.8 Å². The highest BCUT2D eigenvalue weighted by Gasteiger charge is 2.30. The Labute approximate surface area is 137 Å².